The van der Waals surface area contributed by atoms with Crippen molar-refractivity contribution >= 4 is 17.8 Å². The van der Waals surface area contributed by atoms with E-state index < -0.39 is 6.09 Å². The first-order valence-corrected chi connectivity index (χ1v) is 6.26. The number of carbonyl (C=O) groups is 3. The summed E-state index contributed by atoms with van der Waals surface area (Å²) in [6, 6.07) is -0.381. The van der Waals surface area contributed by atoms with Crippen LogP contribution in [-0.2, 0) is 9.59 Å². The normalized spacial score (nSPS) is 22.9. The van der Waals surface area contributed by atoms with Crippen LogP contribution in [0, 0.1) is 5.92 Å². The fourth-order valence-electron chi connectivity index (χ4n) is 2.36. The predicted octanol–water partition coefficient (Wildman–Crippen LogP) is 0.860. The molecule has 1 fully saturated rings. The summed E-state index contributed by atoms with van der Waals surface area (Å²) >= 11 is 0. The maximum absolute atomic E-state index is 12.0. The molecular weight excluding hydrogens is 236 g/mol. The number of hydrogen-bond acceptors (Lipinski definition) is 3. The fraction of sp³-hybridized carbons (Fsp3) is 0.750. The Morgan fingerprint density at radius 1 is 1.39 bits per heavy atom. The van der Waals surface area contributed by atoms with E-state index in [-0.39, 0.29) is 30.2 Å². The van der Waals surface area contributed by atoms with E-state index in [1.807, 2.05) is 19.2 Å². The molecule has 2 atom stereocenters. The minimum absolute atomic E-state index is 0.0752. The first-order valence-electron chi connectivity index (χ1n) is 6.26. The number of Topliss-reactive ketones (excluding diaryl/α,β-unsaturated/α-hetero) is 1. The standard InChI is InChI=1S/C12H20N2O4/c1-3-4-9(15)11-8(2)5-6-14(11)10(16)7-13-12(17)18/h8,11,13H,3-7H2,1-2H3,(H,17,18). The van der Waals surface area contributed by atoms with E-state index in [1.165, 1.54) is 4.90 Å². The third-order valence-corrected chi connectivity index (χ3v) is 3.24. The summed E-state index contributed by atoms with van der Waals surface area (Å²) in [5.74, 6) is -0.0970. The van der Waals surface area contributed by atoms with Crippen LogP contribution in [0.4, 0.5) is 4.79 Å². The van der Waals surface area contributed by atoms with Gasteiger partial charge in [0, 0.05) is 13.0 Å². The SMILES string of the molecule is CCCC(=O)C1C(C)CCN1C(=O)CNC(=O)O. The third-order valence-electron chi connectivity index (χ3n) is 3.24. The van der Waals surface area contributed by atoms with E-state index >= 15 is 0 Å². The van der Waals surface area contributed by atoms with Crippen LogP contribution < -0.4 is 5.32 Å². The topological polar surface area (TPSA) is 86.7 Å². The zero-order valence-electron chi connectivity index (χ0n) is 10.8. The lowest BCUT2D eigenvalue weighted by Crippen LogP contribution is -2.46. The Bertz CT molecular complexity index is 343. The van der Waals surface area contributed by atoms with Gasteiger partial charge in [-0.25, -0.2) is 4.79 Å². The number of nitrogens with zero attached hydrogens (tertiary/aromatic N) is 1. The van der Waals surface area contributed by atoms with Crippen molar-refractivity contribution in [2.45, 2.75) is 39.2 Å². The smallest absolute Gasteiger partial charge is 0.405 e. The van der Waals surface area contributed by atoms with Crippen LogP contribution in [0.5, 0.6) is 0 Å². The average molecular weight is 256 g/mol. The molecule has 18 heavy (non-hydrogen) atoms. The van der Waals surface area contributed by atoms with Gasteiger partial charge < -0.3 is 15.3 Å². The molecule has 0 spiro atoms. The molecule has 0 aromatic heterocycles. The molecule has 0 aliphatic carbocycles. The molecule has 0 radical (unpaired) electrons. The number of ketones is 1. The van der Waals surface area contributed by atoms with Crippen molar-refractivity contribution in [2.24, 2.45) is 5.92 Å². The highest BCUT2D eigenvalue weighted by molar-refractivity contribution is 5.91. The molecule has 0 aromatic carbocycles. The molecule has 2 N–H and O–H groups in total. The van der Waals surface area contributed by atoms with Gasteiger partial charge >= 0.3 is 6.09 Å². The van der Waals surface area contributed by atoms with Gasteiger partial charge in [-0.2, -0.15) is 0 Å². The molecule has 0 aromatic rings. The van der Waals surface area contributed by atoms with Gasteiger partial charge in [-0.1, -0.05) is 13.8 Å². The highest BCUT2D eigenvalue weighted by atomic mass is 16.4. The molecule has 1 aliphatic heterocycles. The van der Waals surface area contributed by atoms with Crippen molar-refractivity contribution in [1.82, 2.24) is 10.2 Å². The lowest BCUT2D eigenvalue weighted by molar-refractivity contribution is -0.137. The first-order chi connectivity index (χ1) is 8.47. The summed E-state index contributed by atoms with van der Waals surface area (Å²) in [6.45, 7) is 4.14. The Morgan fingerprint density at radius 2 is 2.06 bits per heavy atom. The summed E-state index contributed by atoms with van der Waals surface area (Å²) in [4.78, 5) is 35.7. The highest BCUT2D eigenvalue weighted by Gasteiger charge is 2.38. The number of amides is 2. The summed E-state index contributed by atoms with van der Waals surface area (Å²) < 4.78 is 0. The van der Waals surface area contributed by atoms with Crippen LogP contribution in [0.1, 0.15) is 33.1 Å². The first kappa shape index (κ1) is 14.5. The van der Waals surface area contributed by atoms with E-state index in [0.717, 1.165) is 12.8 Å². The van der Waals surface area contributed by atoms with E-state index in [2.05, 4.69) is 0 Å². The lowest BCUT2D eigenvalue weighted by Gasteiger charge is -2.25. The van der Waals surface area contributed by atoms with Gasteiger partial charge in [0.1, 0.15) is 6.54 Å². The van der Waals surface area contributed by atoms with Crippen molar-refractivity contribution < 1.29 is 19.5 Å². The van der Waals surface area contributed by atoms with Crippen LogP contribution in [-0.4, -0.2) is 46.9 Å². The van der Waals surface area contributed by atoms with E-state index in [1.54, 1.807) is 0 Å². The number of nitrogens with one attached hydrogen (secondary N) is 1. The number of rotatable bonds is 5. The number of carboxylic acid groups (broad SMARTS) is 1. The van der Waals surface area contributed by atoms with Gasteiger partial charge in [0.25, 0.3) is 0 Å². The number of carbonyl (C=O) groups excluding carboxylic acids is 2. The molecule has 1 saturated heterocycles. The quantitative estimate of drug-likeness (QED) is 0.763. The molecule has 1 heterocycles. The Kier molecular flexibility index (Phi) is 5.12. The van der Waals surface area contributed by atoms with Crippen molar-refractivity contribution in [3.8, 4) is 0 Å². The fourth-order valence-corrected chi connectivity index (χ4v) is 2.36. The van der Waals surface area contributed by atoms with E-state index in [4.69, 9.17) is 5.11 Å². The van der Waals surface area contributed by atoms with E-state index in [9.17, 15) is 14.4 Å². The Labute approximate surface area is 106 Å². The van der Waals surface area contributed by atoms with E-state index in [0.29, 0.717) is 13.0 Å². The van der Waals surface area contributed by atoms with Crippen molar-refractivity contribution in [1.29, 1.82) is 0 Å². The summed E-state index contributed by atoms with van der Waals surface area (Å²) in [5, 5.41) is 10.5. The van der Waals surface area contributed by atoms with Crippen molar-refractivity contribution in [2.75, 3.05) is 13.1 Å². The summed E-state index contributed by atoms with van der Waals surface area (Å²) in [6.07, 6.45) is 0.786. The Balaban J connectivity index is 2.65. The molecule has 1 aliphatic rings. The highest BCUT2D eigenvalue weighted by Crippen LogP contribution is 2.25. The predicted molar refractivity (Wildman–Crippen MR) is 65.2 cm³/mol. The van der Waals surface area contributed by atoms with Crippen LogP contribution in [0.25, 0.3) is 0 Å². The summed E-state index contributed by atoms with van der Waals surface area (Å²) in [5.41, 5.74) is 0. The zero-order chi connectivity index (χ0) is 13.7. The van der Waals surface area contributed by atoms with Crippen LogP contribution >= 0.6 is 0 Å². The maximum Gasteiger partial charge on any atom is 0.405 e. The largest absolute Gasteiger partial charge is 0.465 e. The van der Waals surface area contributed by atoms with Gasteiger partial charge in [-0.15, -0.1) is 0 Å². The van der Waals surface area contributed by atoms with Gasteiger partial charge in [-0.3, -0.25) is 9.59 Å². The molecular formula is C12H20N2O4. The van der Waals surface area contributed by atoms with Crippen molar-refractivity contribution in [3.05, 3.63) is 0 Å². The minimum Gasteiger partial charge on any atom is -0.465 e. The zero-order valence-corrected chi connectivity index (χ0v) is 10.8. The van der Waals surface area contributed by atoms with Gasteiger partial charge in [0.2, 0.25) is 5.91 Å². The molecule has 0 saturated carbocycles. The lowest BCUT2D eigenvalue weighted by atomic mass is 9.96. The molecule has 0 bridgehead atoms. The Morgan fingerprint density at radius 3 is 2.61 bits per heavy atom. The molecule has 2 amide bonds. The average Bonchev–Trinajstić information content (AvgIpc) is 2.68. The number of likely N-dealkylation sites (tertiary alicyclic amines) is 1. The number of hydrogen-bond donors (Lipinski definition) is 2. The Hall–Kier alpha value is -1.59. The van der Waals surface area contributed by atoms with Crippen LogP contribution in [0.3, 0.4) is 0 Å². The second-order valence-electron chi connectivity index (χ2n) is 4.67. The van der Waals surface area contributed by atoms with Gasteiger partial charge in [0.05, 0.1) is 6.04 Å². The minimum atomic E-state index is -1.23. The van der Waals surface area contributed by atoms with Crippen LogP contribution in [0.2, 0.25) is 0 Å². The molecule has 1 rings (SSSR count). The molecule has 102 valence electrons. The third kappa shape index (κ3) is 3.45. The molecule has 6 heteroatoms. The van der Waals surface area contributed by atoms with Crippen molar-refractivity contribution in [3.63, 3.8) is 0 Å². The summed E-state index contributed by atoms with van der Waals surface area (Å²) in [7, 11) is 0. The second kappa shape index (κ2) is 6.37. The maximum atomic E-state index is 12.0. The monoisotopic (exact) mass is 256 g/mol. The second-order valence-corrected chi connectivity index (χ2v) is 4.67. The van der Waals surface area contributed by atoms with Crippen LogP contribution in [0.15, 0.2) is 0 Å². The molecule has 2 unspecified atom stereocenters. The van der Waals surface area contributed by atoms with Gasteiger partial charge in [-0.05, 0) is 18.8 Å². The van der Waals surface area contributed by atoms with Gasteiger partial charge in [0.15, 0.2) is 5.78 Å². The molecule has 6 nitrogen and oxygen atoms in total.